The van der Waals surface area contributed by atoms with Crippen molar-refractivity contribution in [2.75, 3.05) is 0 Å². The van der Waals surface area contributed by atoms with Crippen LogP contribution in [0, 0.1) is 0 Å². The van der Waals surface area contributed by atoms with E-state index in [0.29, 0.717) is 0 Å². The molecule has 0 spiro atoms. The van der Waals surface area contributed by atoms with Gasteiger partial charge in [-0.1, -0.05) is 42.5 Å². The topological polar surface area (TPSA) is 48.0 Å². The number of hydrogen-bond acceptors (Lipinski definition) is 4. The molecule has 4 rings (SSSR count). The summed E-state index contributed by atoms with van der Waals surface area (Å²) in [5.74, 6) is 0. The second-order valence-corrected chi connectivity index (χ2v) is 7.20. The molecular formula is C18H21NO4. The van der Waals surface area contributed by atoms with Gasteiger partial charge >= 0.3 is 6.09 Å². The number of rotatable bonds is 1. The summed E-state index contributed by atoms with van der Waals surface area (Å²) in [6.07, 6.45) is 3.09. The minimum absolute atomic E-state index is 0.117. The predicted molar refractivity (Wildman–Crippen MR) is 83.7 cm³/mol. The second-order valence-electron chi connectivity index (χ2n) is 7.20. The van der Waals surface area contributed by atoms with Gasteiger partial charge in [-0.2, -0.15) is 0 Å². The van der Waals surface area contributed by atoms with Gasteiger partial charge in [0.25, 0.3) is 0 Å². The van der Waals surface area contributed by atoms with Crippen molar-refractivity contribution in [2.24, 2.45) is 0 Å². The summed E-state index contributed by atoms with van der Waals surface area (Å²) in [6, 6.07) is 9.65. The molecule has 3 aliphatic heterocycles. The summed E-state index contributed by atoms with van der Waals surface area (Å²) >= 11 is 0. The predicted octanol–water partition coefficient (Wildman–Crippen LogP) is 3.03. The molecule has 1 aromatic rings. The Labute approximate surface area is 135 Å². The SMILES string of the molecule is CC(C)(C)OC(=O)N1[C@@H]2C=C[C@H]1[C@@H]1OC(c3ccccc3)O[C@@H]12. The molecule has 0 radical (unpaired) electrons. The van der Waals surface area contributed by atoms with E-state index in [4.69, 9.17) is 14.2 Å². The lowest BCUT2D eigenvalue weighted by Crippen LogP contribution is -2.43. The monoisotopic (exact) mass is 315 g/mol. The van der Waals surface area contributed by atoms with Gasteiger partial charge in [-0.05, 0) is 20.8 Å². The maximum absolute atomic E-state index is 12.5. The van der Waals surface area contributed by atoms with Gasteiger partial charge in [0, 0.05) is 5.56 Å². The van der Waals surface area contributed by atoms with Crippen molar-refractivity contribution in [3.05, 3.63) is 48.0 Å². The average Bonchev–Trinajstić information content (AvgIpc) is 3.16. The Bertz CT molecular complexity index is 614. The summed E-state index contributed by atoms with van der Waals surface area (Å²) in [5.41, 5.74) is 0.493. The first kappa shape index (κ1) is 14.7. The molecular weight excluding hydrogens is 294 g/mol. The average molecular weight is 315 g/mol. The van der Waals surface area contributed by atoms with Crippen LogP contribution in [-0.2, 0) is 14.2 Å². The van der Waals surface area contributed by atoms with Crippen molar-refractivity contribution in [3.63, 3.8) is 0 Å². The zero-order chi connectivity index (χ0) is 16.2. The lowest BCUT2D eigenvalue weighted by atomic mass is 10.0. The molecule has 3 heterocycles. The Morgan fingerprint density at radius 3 is 2.13 bits per heavy atom. The van der Waals surface area contributed by atoms with Crippen LogP contribution in [0.1, 0.15) is 32.6 Å². The minimum atomic E-state index is -0.511. The number of amides is 1. The number of carbonyl (C=O) groups excluding carboxylic acids is 1. The van der Waals surface area contributed by atoms with Crippen molar-refractivity contribution in [1.82, 2.24) is 4.90 Å². The first-order valence-electron chi connectivity index (χ1n) is 7.99. The number of carbonyl (C=O) groups is 1. The minimum Gasteiger partial charge on any atom is -0.444 e. The molecule has 0 aromatic heterocycles. The Balaban J connectivity index is 1.50. The molecule has 2 saturated heterocycles. The van der Waals surface area contributed by atoms with Crippen LogP contribution in [0.15, 0.2) is 42.5 Å². The molecule has 5 nitrogen and oxygen atoms in total. The van der Waals surface area contributed by atoms with E-state index in [-0.39, 0.29) is 36.7 Å². The maximum atomic E-state index is 12.5. The van der Waals surface area contributed by atoms with Crippen LogP contribution in [0.4, 0.5) is 4.79 Å². The van der Waals surface area contributed by atoms with Crippen LogP contribution in [0.25, 0.3) is 0 Å². The smallest absolute Gasteiger partial charge is 0.411 e. The number of ether oxygens (including phenoxy) is 3. The number of fused-ring (bicyclic) bond motifs is 5. The zero-order valence-corrected chi connectivity index (χ0v) is 13.5. The first-order chi connectivity index (χ1) is 10.9. The molecule has 1 amide bonds. The molecule has 0 aliphatic carbocycles. The van der Waals surface area contributed by atoms with E-state index >= 15 is 0 Å². The highest BCUT2D eigenvalue weighted by Crippen LogP contribution is 2.45. The Morgan fingerprint density at radius 1 is 1.04 bits per heavy atom. The van der Waals surface area contributed by atoms with Gasteiger partial charge < -0.3 is 14.2 Å². The summed E-state index contributed by atoms with van der Waals surface area (Å²) in [5, 5.41) is 0. The van der Waals surface area contributed by atoms with Crippen LogP contribution in [0.2, 0.25) is 0 Å². The molecule has 122 valence electrons. The van der Waals surface area contributed by atoms with Gasteiger partial charge in [-0.25, -0.2) is 4.79 Å². The van der Waals surface area contributed by atoms with Crippen molar-refractivity contribution in [3.8, 4) is 0 Å². The molecule has 0 saturated carbocycles. The van der Waals surface area contributed by atoms with E-state index in [1.54, 1.807) is 4.90 Å². The van der Waals surface area contributed by atoms with E-state index in [1.165, 1.54) is 0 Å². The zero-order valence-electron chi connectivity index (χ0n) is 13.5. The lowest BCUT2D eigenvalue weighted by molar-refractivity contribution is -0.0915. The van der Waals surface area contributed by atoms with Crippen molar-refractivity contribution in [2.45, 2.75) is 57.0 Å². The third-order valence-corrected chi connectivity index (χ3v) is 4.38. The molecule has 2 bridgehead atoms. The largest absolute Gasteiger partial charge is 0.444 e. The highest BCUT2D eigenvalue weighted by atomic mass is 16.7. The van der Waals surface area contributed by atoms with Crippen LogP contribution >= 0.6 is 0 Å². The van der Waals surface area contributed by atoms with Crippen LogP contribution in [-0.4, -0.2) is 40.9 Å². The highest BCUT2D eigenvalue weighted by molar-refractivity contribution is 5.72. The van der Waals surface area contributed by atoms with Gasteiger partial charge in [-0.15, -0.1) is 0 Å². The fourth-order valence-electron chi connectivity index (χ4n) is 3.49. The molecule has 1 aromatic carbocycles. The second kappa shape index (κ2) is 5.08. The third-order valence-electron chi connectivity index (χ3n) is 4.38. The van der Waals surface area contributed by atoms with E-state index in [2.05, 4.69) is 0 Å². The van der Waals surface area contributed by atoms with Crippen LogP contribution in [0.5, 0.6) is 0 Å². The fraction of sp³-hybridized carbons (Fsp3) is 0.500. The van der Waals surface area contributed by atoms with Crippen LogP contribution in [0.3, 0.4) is 0 Å². The summed E-state index contributed by atoms with van der Waals surface area (Å²) in [4.78, 5) is 14.2. The number of nitrogens with zero attached hydrogens (tertiary/aromatic N) is 1. The van der Waals surface area contributed by atoms with Gasteiger partial charge in [0.15, 0.2) is 6.29 Å². The Kier molecular flexibility index (Phi) is 3.25. The van der Waals surface area contributed by atoms with Crippen LogP contribution < -0.4 is 0 Å². The van der Waals surface area contributed by atoms with Gasteiger partial charge in [0.05, 0.1) is 12.1 Å². The van der Waals surface area contributed by atoms with Gasteiger partial charge in [-0.3, -0.25) is 4.90 Å². The number of benzene rings is 1. The highest BCUT2D eigenvalue weighted by Gasteiger charge is 2.59. The number of hydrogen-bond donors (Lipinski definition) is 0. The maximum Gasteiger partial charge on any atom is 0.411 e. The van der Waals surface area contributed by atoms with Gasteiger partial charge in [0.2, 0.25) is 0 Å². The Morgan fingerprint density at radius 2 is 1.61 bits per heavy atom. The van der Waals surface area contributed by atoms with Gasteiger partial charge in [0.1, 0.15) is 17.8 Å². The Hall–Kier alpha value is -1.85. The van der Waals surface area contributed by atoms with Crippen molar-refractivity contribution >= 4 is 6.09 Å². The molecule has 5 heteroatoms. The molecule has 0 N–H and O–H groups in total. The third kappa shape index (κ3) is 2.44. The normalized spacial score (nSPS) is 34.7. The van der Waals surface area contributed by atoms with Crippen molar-refractivity contribution < 1.29 is 19.0 Å². The quantitative estimate of drug-likeness (QED) is 0.748. The molecule has 3 aliphatic rings. The molecule has 23 heavy (non-hydrogen) atoms. The summed E-state index contributed by atoms with van der Waals surface area (Å²) in [6.45, 7) is 5.61. The van der Waals surface area contributed by atoms with E-state index in [1.807, 2.05) is 63.3 Å². The first-order valence-corrected chi connectivity index (χ1v) is 7.99. The van der Waals surface area contributed by atoms with E-state index in [9.17, 15) is 4.79 Å². The fourth-order valence-corrected chi connectivity index (χ4v) is 3.49. The van der Waals surface area contributed by atoms with E-state index in [0.717, 1.165) is 5.56 Å². The molecule has 1 unspecified atom stereocenters. The summed E-state index contributed by atoms with van der Waals surface area (Å²) < 4.78 is 17.7. The molecule has 2 fully saturated rings. The standard InChI is InChI=1S/C18H21NO4/c1-18(2,3)23-17(20)19-12-9-10-13(19)15-14(12)21-16(22-15)11-7-5-4-6-8-11/h4-10,12-16H,1-3H3/t12-,13+,14-,15+,16?. The summed E-state index contributed by atoms with van der Waals surface area (Å²) in [7, 11) is 0. The van der Waals surface area contributed by atoms with E-state index < -0.39 is 5.60 Å². The molecule has 5 atom stereocenters. The van der Waals surface area contributed by atoms with Crippen molar-refractivity contribution in [1.29, 1.82) is 0 Å². The lowest BCUT2D eigenvalue weighted by Gasteiger charge is -2.29.